The Bertz CT molecular complexity index is 922. The van der Waals surface area contributed by atoms with Gasteiger partial charge in [0.25, 0.3) is 5.91 Å². The minimum atomic E-state index is -0.769. The molecule has 0 radical (unpaired) electrons. The summed E-state index contributed by atoms with van der Waals surface area (Å²) in [4.78, 5) is 42.1. The molecule has 1 saturated carbocycles. The molecule has 0 aromatic heterocycles. The summed E-state index contributed by atoms with van der Waals surface area (Å²) < 4.78 is 0. The van der Waals surface area contributed by atoms with Gasteiger partial charge in [0.15, 0.2) is 0 Å². The average Bonchev–Trinajstić information content (AvgIpc) is 3.30. The van der Waals surface area contributed by atoms with E-state index in [0.717, 1.165) is 31.2 Å². The molecule has 2 aliphatic rings. The molecule has 1 heterocycles. The number of imide groups is 1. The van der Waals surface area contributed by atoms with Crippen LogP contribution >= 0.6 is 0 Å². The van der Waals surface area contributed by atoms with Crippen molar-refractivity contribution in [3.05, 3.63) is 60.2 Å². The van der Waals surface area contributed by atoms with Gasteiger partial charge >= 0.3 is 6.03 Å². The average molecular weight is 391 g/mol. The van der Waals surface area contributed by atoms with Gasteiger partial charge in [-0.2, -0.15) is 0 Å². The number of benzene rings is 2. The third-order valence-corrected chi connectivity index (χ3v) is 5.67. The molecular formula is C23H25N3O3. The van der Waals surface area contributed by atoms with Crippen LogP contribution in [0.15, 0.2) is 54.6 Å². The van der Waals surface area contributed by atoms with Crippen LogP contribution in [0, 0.1) is 6.92 Å². The van der Waals surface area contributed by atoms with Crippen LogP contribution in [0.2, 0.25) is 0 Å². The second-order valence-electron chi connectivity index (χ2n) is 7.77. The summed E-state index contributed by atoms with van der Waals surface area (Å²) in [5.41, 5.74) is 2.21. The van der Waals surface area contributed by atoms with Crippen LogP contribution in [-0.2, 0) is 9.59 Å². The lowest BCUT2D eigenvalue weighted by molar-refractivity contribution is -0.124. The van der Waals surface area contributed by atoms with Crippen molar-refractivity contribution in [3.63, 3.8) is 0 Å². The number of urea groups is 1. The van der Waals surface area contributed by atoms with Gasteiger partial charge in [0, 0.05) is 11.7 Å². The Kier molecular flexibility index (Phi) is 5.34. The second-order valence-corrected chi connectivity index (χ2v) is 7.77. The molecule has 1 saturated heterocycles. The molecule has 1 aliphatic carbocycles. The van der Waals surface area contributed by atoms with Gasteiger partial charge in [0.2, 0.25) is 5.91 Å². The Morgan fingerprint density at radius 2 is 1.76 bits per heavy atom. The van der Waals surface area contributed by atoms with Crippen LogP contribution in [0.25, 0.3) is 0 Å². The summed E-state index contributed by atoms with van der Waals surface area (Å²) in [5, 5.41) is 2.83. The Morgan fingerprint density at radius 1 is 1.03 bits per heavy atom. The first-order chi connectivity index (χ1) is 14.0. The molecule has 29 heavy (non-hydrogen) atoms. The number of hydrogen-bond acceptors (Lipinski definition) is 3. The Labute approximate surface area is 170 Å². The number of rotatable bonds is 5. The smallest absolute Gasteiger partial charge is 0.326 e. The molecule has 1 atom stereocenters. The standard InChI is InChI=1S/C23H25N3O3/c1-16-8-7-13-19(14-16)26-22(28)20(25(23(26)29)18-11-5-6-12-18)15-21(27)24-17-9-3-2-4-10-17/h2-4,7-10,13-14,18,20H,5-6,11-12,15H2,1H3,(H,24,27). The van der Waals surface area contributed by atoms with Crippen molar-refractivity contribution in [2.75, 3.05) is 10.2 Å². The molecule has 2 aromatic rings. The van der Waals surface area contributed by atoms with Crippen LogP contribution in [0.3, 0.4) is 0 Å². The Hall–Kier alpha value is -3.15. The summed E-state index contributed by atoms with van der Waals surface area (Å²) in [6.45, 7) is 1.92. The van der Waals surface area contributed by atoms with E-state index < -0.39 is 6.04 Å². The minimum absolute atomic E-state index is 0.00999. The fraction of sp³-hybridized carbons (Fsp3) is 0.348. The van der Waals surface area contributed by atoms with Gasteiger partial charge in [-0.15, -0.1) is 0 Å². The zero-order chi connectivity index (χ0) is 20.4. The number of anilines is 2. The van der Waals surface area contributed by atoms with E-state index in [1.165, 1.54) is 4.90 Å². The predicted octanol–water partition coefficient (Wildman–Crippen LogP) is 4.10. The van der Waals surface area contributed by atoms with Crippen molar-refractivity contribution in [2.24, 2.45) is 0 Å². The van der Waals surface area contributed by atoms with Gasteiger partial charge in [-0.25, -0.2) is 9.69 Å². The summed E-state index contributed by atoms with van der Waals surface area (Å²) in [6, 6.07) is 15.4. The van der Waals surface area contributed by atoms with Gasteiger partial charge < -0.3 is 10.2 Å². The van der Waals surface area contributed by atoms with Crippen LogP contribution in [0.4, 0.5) is 16.2 Å². The van der Waals surface area contributed by atoms with E-state index in [1.54, 1.807) is 23.1 Å². The molecule has 0 bridgehead atoms. The minimum Gasteiger partial charge on any atom is -0.326 e. The van der Waals surface area contributed by atoms with Crippen molar-refractivity contribution >= 4 is 29.2 Å². The maximum absolute atomic E-state index is 13.3. The van der Waals surface area contributed by atoms with E-state index in [0.29, 0.717) is 11.4 Å². The molecule has 150 valence electrons. The molecule has 1 aliphatic heterocycles. The first-order valence-electron chi connectivity index (χ1n) is 10.1. The maximum atomic E-state index is 13.3. The monoisotopic (exact) mass is 391 g/mol. The van der Waals surface area contributed by atoms with E-state index in [-0.39, 0.29) is 30.3 Å². The summed E-state index contributed by atoms with van der Waals surface area (Å²) in [5.74, 6) is -0.591. The number of nitrogens with one attached hydrogen (secondary N) is 1. The summed E-state index contributed by atoms with van der Waals surface area (Å²) in [6.07, 6.45) is 3.78. The molecule has 0 spiro atoms. The van der Waals surface area contributed by atoms with Crippen LogP contribution in [0.1, 0.15) is 37.7 Å². The van der Waals surface area contributed by atoms with Crippen LogP contribution < -0.4 is 10.2 Å². The third-order valence-electron chi connectivity index (χ3n) is 5.67. The molecule has 1 unspecified atom stereocenters. The van der Waals surface area contributed by atoms with E-state index in [4.69, 9.17) is 0 Å². The highest BCUT2D eigenvalue weighted by Crippen LogP contribution is 2.34. The third kappa shape index (κ3) is 3.88. The zero-order valence-electron chi connectivity index (χ0n) is 16.5. The van der Waals surface area contributed by atoms with Crippen molar-refractivity contribution in [3.8, 4) is 0 Å². The number of carbonyl (C=O) groups excluding carboxylic acids is 3. The van der Waals surface area contributed by atoms with Crippen LogP contribution in [-0.4, -0.2) is 34.8 Å². The van der Waals surface area contributed by atoms with Crippen LogP contribution in [0.5, 0.6) is 0 Å². The van der Waals surface area contributed by atoms with Crippen molar-refractivity contribution < 1.29 is 14.4 Å². The zero-order valence-corrected chi connectivity index (χ0v) is 16.5. The normalized spacial score (nSPS) is 19.8. The largest absolute Gasteiger partial charge is 0.332 e. The predicted molar refractivity (Wildman–Crippen MR) is 112 cm³/mol. The van der Waals surface area contributed by atoms with Crippen molar-refractivity contribution in [1.29, 1.82) is 0 Å². The Balaban J connectivity index is 1.59. The van der Waals surface area contributed by atoms with Gasteiger partial charge in [0.05, 0.1) is 12.1 Å². The molecule has 2 aromatic carbocycles. The molecule has 2 fully saturated rings. The number of para-hydroxylation sites is 1. The van der Waals surface area contributed by atoms with Gasteiger partial charge in [-0.05, 0) is 49.6 Å². The quantitative estimate of drug-likeness (QED) is 0.780. The Morgan fingerprint density at radius 3 is 2.45 bits per heavy atom. The molecule has 4 rings (SSSR count). The van der Waals surface area contributed by atoms with Gasteiger partial charge in [-0.3, -0.25) is 9.59 Å². The highest BCUT2D eigenvalue weighted by molar-refractivity contribution is 6.22. The lowest BCUT2D eigenvalue weighted by atomic mass is 10.1. The lowest BCUT2D eigenvalue weighted by Crippen LogP contribution is -2.43. The maximum Gasteiger partial charge on any atom is 0.332 e. The van der Waals surface area contributed by atoms with E-state index >= 15 is 0 Å². The highest BCUT2D eigenvalue weighted by atomic mass is 16.2. The first-order valence-corrected chi connectivity index (χ1v) is 10.1. The molecular weight excluding hydrogens is 366 g/mol. The van der Waals surface area contributed by atoms with Crippen molar-refractivity contribution in [1.82, 2.24) is 4.90 Å². The first kappa shape index (κ1) is 19.2. The molecule has 4 amide bonds. The number of amides is 4. The molecule has 1 N–H and O–H groups in total. The van der Waals surface area contributed by atoms with Gasteiger partial charge in [0.1, 0.15) is 6.04 Å². The fourth-order valence-electron chi connectivity index (χ4n) is 4.30. The summed E-state index contributed by atoms with van der Waals surface area (Å²) in [7, 11) is 0. The number of hydrogen-bond donors (Lipinski definition) is 1. The van der Waals surface area contributed by atoms with E-state index in [1.807, 2.05) is 43.3 Å². The highest BCUT2D eigenvalue weighted by Gasteiger charge is 2.49. The number of carbonyl (C=O) groups is 3. The number of aryl methyl sites for hydroxylation is 1. The molecule has 6 heteroatoms. The molecule has 6 nitrogen and oxygen atoms in total. The SMILES string of the molecule is Cc1cccc(N2C(=O)C(CC(=O)Nc3ccccc3)N(C3CCCC3)C2=O)c1. The van der Waals surface area contributed by atoms with Gasteiger partial charge in [-0.1, -0.05) is 43.2 Å². The van der Waals surface area contributed by atoms with E-state index in [9.17, 15) is 14.4 Å². The number of nitrogens with zero attached hydrogens (tertiary/aromatic N) is 2. The second kappa shape index (κ2) is 8.07. The topological polar surface area (TPSA) is 69.7 Å². The fourth-order valence-corrected chi connectivity index (χ4v) is 4.30. The summed E-state index contributed by atoms with van der Waals surface area (Å²) >= 11 is 0. The lowest BCUT2D eigenvalue weighted by Gasteiger charge is -2.27. The van der Waals surface area contributed by atoms with E-state index in [2.05, 4.69) is 5.32 Å². The van der Waals surface area contributed by atoms with Crippen molar-refractivity contribution in [2.45, 2.75) is 51.1 Å².